The van der Waals surface area contributed by atoms with E-state index < -0.39 is 18.1 Å². The number of hydrogen-bond donors (Lipinski definition) is 1. The van der Waals surface area contributed by atoms with E-state index in [1.807, 2.05) is 0 Å². The zero-order valence-corrected chi connectivity index (χ0v) is 7.29. The Bertz CT molecular complexity index is 379. The Morgan fingerprint density at radius 3 is 2.50 bits per heavy atom. The van der Waals surface area contributed by atoms with Crippen LogP contribution in [0.5, 0.6) is 6.01 Å². The fraction of sp³-hybridized carbons (Fsp3) is 0.600. The molecule has 0 aliphatic carbocycles. The summed E-state index contributed by atoms with van der Waals surface area (Å²) in [6, 6.07) is -0.854. The lowest BCUT2D eigenvalue weighted by molar-refractivity contribution is -0.278. The van der Waals surface area contributed by atoms with Gasteiger partial charge < -0.3 is 10.2 Å². The van der Waals surface area contributed by atoms with Crippen molar-refractivity contribution in [2.75, 3.05) is 12.5 Å². The first-order valence-corrected chi connectivity index (χ1v) is 3.44. The minimum atomic E-state index is -4.88. The van der Waals surface area contributed by atoms with Crippen LogP contribution in [0.25, 0.3) is 0 Å². The Kier molecular flexibility index (Phi) is 2.41. The van der Waals surface area contributed by atoms with Crippen molar-refractivity contribution in [1.82, 2.24) is 14.5 Å². The molecule has 14 heavy (non-hydrogen) atoms. The molecular formula is C5H7F3N4O2. The number of hydrogen-bond acceptors (Lipinski definition) is 4. The molecule has 0 atom stereocenters. The van der Waals surface area contributed by atoms with Crippen molar-refractivity contribution in [1.29, 1.82) is 0 Å². The molecule has 0 unspecified atom stereocenters. The quantitative estimate of drug-likeness (QED) is 0.728. The third-order valence-corrected chi connectivity index (χ3v) is 1.33. The third-order valence-electron chi connectivity index (χ3n) is 1.33. The van der Waals surface area contributed by atoms with Gasteiger partial charge in [0.2, 0.25) is 0 Å². The van der Waals surface area contributed by atoms with Gasteiger partial charge in [-0.25, -0.2) is 9.48 Å². The average Bonchev–Trinajstić information content (AvgIpc) is 2.24. The van der Waals surface area contributed by atoms with E-state index in [4.69, 9.17) is 0 Å². The molecule has 6 nitrogen and oxygen atoms in total. The van der Waals surface area contributed by atoms with Crippen LogP contribution in [-0.2, 0) is 7.05 Å². The highest BCUT2D eigenvalue weighted by Crippen LogP contribution is 2.18. The molecule has 1 aromatic rings. The summed E-state index contributed by atoms with van der Waals surface area (Å²) in [5.74, 6) is 0. The number of aromatic nitrogens is 3. The summed E-state index contributed by atoms with van der Waals surface area (Å²) in [5.41, 5.74) is 1.45. The molecule has 1 rings (SSSR count). The topological polar surface area (TPSA) is 61.1 Å². The minimum absolute atomic E-state index is 0.535. The number of nitrogens with one attached hydrogen (secondary N) is 1. The molecule has 0 saturated carbocycles. The SMILES string of the molecule is CNn1c(OC(F)(F)F)nn(C)c1=O. The molecule has 0 spiro atoms. The summed E-state index contributed by atoms with van der Waals surface area (Å²) in [7, 11) is 2.48. The highest BCUT2D eigenvalue weighted by molar-refractivity contribution is 4.96. The number of halogens is 3. The van der Waals surface area contributed by atoms with Crippen LogP contribution in [0.2, 0.25) is 0 Å². The monoisotopic (exact) mass is 212 g/mol. The van der Waals surface area contributed by atoms with Gasteiger partial charge in [-0.05, 0) is 0 Å². The zero-order valence-electron chi connectivity index (χ0n) is 7.29. The van der Waals surface area contributed by atoms with E-state index in [1.54, 1.807) is 0 Å². The van der Waals surface area contributed by atoms with Gasteiger partial charge in [0, 0.05) is 14.1 Å². The normalized spacial score (nSPS) is 11.5. The van der Waals surface area contributed by atoms with Crippen molar-refractivity contribution in [3.63, 3.8) is 0 Å². The lowest BCUT2D eigenvalue weighted by atomic mass is 11.0. The smallest absolute Gasteiger partial charge is 0.369 e. The lowest BCUT2D eigenvalue weighted by Gasteiger charge is -2.07. The largest absolute Gasteiger partial charge is 0.575 e. The van der Waals surface area contributed by atoms with Gasteiger partial charge in [-0.2, -0.15) is 4.68 Å². The van der Waals surface area contributed by atoms with Gasteiger partial charge in [0.15, 0.2) is 0 Å². The van der Waals surface area contributed by atoms with Gasteiger partial charge >= 0.3 is 18.1 Å². The molecule has 0 radical (unpaired) electrons. The van der Waals surface area contributed by atoms with Gasteiger partial charge in [-0.1, -0.05) is 0 Å². The molecule has 0 aromatic carbocycles. The first-order chi connectivity index (χ1) is 6.35. The molecule has 1 heterocycles. The number of rotatable bonds is 2. The fourth-order valence-electron chi connectivity index (χ4n) is 0.803. The lowest BCUT2D eigenvalue weighted by Crippen LogP contribution is -2.29. The van der Waals surface area contributed by atoms with E-state index in [2.05, 4.69) is 15.3 Å². The number of aryl methyl sites for hydroxylation is 1. The average molecular weight is 212 g/mol. The number of alkyl halides is 3. The Balaban J connectivity index is 3.09. The van der Waals surface area contributed by atoms with E-state index >= 15 is 0 Å². The number of ether oxygens (including phenoxy) is 1. The maximum absolute atomic E-state index is 11.8. The first-order valence-electron chi connectivity index (χ1n) is 3.44. The van der Waals surface area contributed by atoms with Gasteiger partial charge in [0.05, 0.1) is 0 Å². The second-order valence-corrected chi connectivity index (χ2v) is 2.30. The molecule has 0 fully saturated rings. The van der Waals surface area contributed by atoms with Gasteiger partial charge in [0.25, 0.3) is 0 Å². The molecule has 1 N–H and O–H groups in total. The minimum Gasteiger partial charge on any atom is -0.369 e. The van der Waals surface area contributed by atoms with Crippen molar-refractivity contribution >= 4 is 0 Å². The molecule has 0 amide bonds. The van der Waals surface area contributed by atoms with Crippen LogP contribution in [-0.4, -0.2) is 27.9 Å². The van der Waals surface area contributed by atoms with Crippen LogP contribution in [0.3, 0.4) is 0 Å². The predicted molar refractivity (Wildman–Crippen MR) is 39.4 cm³/mol. The second kappa shape index (κ2) is 3.24. The van der Waals surface area contributed by atoms with E-state index in [1.165, 1.54) is 14.1 Å². The van der Waals surface area contributed by atoms with Gasteiger partial charge in [-0.3, -0.25) is 0 Å². The van der Waals surface area contributed by atoms with Crippen molar-refractivity contribution in [2.24, 2.45) is 7.05 Å². The summed E-state index contributed by atoms with van der Waals surface area (Å²) in [6.07, 6.45) is -4.88. The summed E-state index contributed by atoms with van der Waals surface area (Å²) < 4.78 is 40.1. The Morgan fingerprint density at radius 1 is 1.50 bits per heavy atom. The van der Waals surface area contributed by atoms with Crippen molar-refractivity contribution in [2.45, 2.75) is 6.36 Å². The van der Waals surface area contributed by atoms with Gasteiger partial charge in [-0.15, -0.1) is 18.3 Å². The molecular weight excluding hydrogens is 205 g/mol. The van der Waals surface area contributed by atoms with Crippen LogP contribution < -0.4 is 15.9 Å². The second-order valence-electron chi connectivity index (χ2n) is 2.30. The summed E-state index contributed by atoms with van der Waals surface area (Å²) in [5, 5.41) is 3.23. The van der Waals surface area contributed by atoms with Gasteiger partial charge in [0.1, 0.15) is 0 Å². The molecule has 9 heteroatoms. The Hall–Kier alpha value is -1.67. The van der Waals surface area contributed by atoms with Crippen LogP contribution in [0.1, 0.15) is 0 Å². The molecule has 80 valence electrons. The van der Waals surface area contributed by atoms with Crippen LogP contribution in [0.4, 0.5) is 13.2 Å². The summed E-state index contributed by atoms with van der Waals surface area (Å²) in [4.78, 5) is 11.1. The van der Waals surface area contributed by atoms with Crippen molar-refractivity contribution in [3.05, 3.63) is 10.5 Å². The molecule has 0 aliphatic heterocycles. The maximum atomic E-state index is 11.8. The molecule has 0 saturated heterocycles. The predicted octanol–water partition coefficient (Wildman–Crippen LogP) is -0.346. The van der Waals surface area contributed by atoms with E-state index in [9.17, 15) is 18.0 Å². The Labute approximate surface area is 75.9 Å². The highest BCUT2D eigenvalue weighted by Gasteiger charge is 2.34. The zero-order chi connectivity index (χ0) is 10.9. The summed E-state index contributed by atoms with van der Waals surface area (Å²) in [6.45, 7) is 0. The molecule has 0 bridgehead atoms. The van der Waals surface area contributed by atoms with Crippen LogP contribution in [0, 0.1) is 0 Å². The van der Waals surface area contributed by atoms with Crippen molar-refractivity contribution < 1.29 is 17.9 Å². The fourth-order valence-corrected chi connectivity index (χ4v) is 0.803. The molecule has 1 aromatic heterocycles. The first kappa shape index (κ1) is 10.4. The molecule has 0 aliphatic rings. The van der Waals surface area contributed by atoms with E-state index in [0.29, 0.717) is 4.68 Å². The van der Waals surface area contributed by atoms with Crippen LogP contribution >= 0.6 is 0 Å². The third kappa shape index (κ3) is 1.98. The van der Waals surface area contributed by atoms with Crippen LogP contribution in [0.15, 0.2) is 4.79 Å². The maximum Gasteiger partial charge on any atom is 0.575 e. The highest BCUT2D eigenvalue weighted by atomic mass is 19.4. The standard InChI is InChI=1S/C5H7F3N4O2/c1-9-12-3(14-5(6,7)8)10-11(2)4(12)13/h9H,1-2H3. The van der Waals surface area contributed by atoms with E-state index in [0.717, 1.165) is 4.68 Å². The van der Waals surface area contributed by atoms with E-state index in [-0.39, 0.29) is 0 Å². The number of nitrogens with zero attached hydrogens (tertiary/aromatic N) is 3. The van der Waals surface area contributed by atoms with Crippen molar-refractivity contribution in [3.8, 4) is 6.01 Å². The Morgan fingerprint density at radius 2 is 2.07 bits per heavy atom. The summed E-state index contributed by atoms with van der Waals surface area (Å²) >= 11 is 0.